The van der Waals surface area contributed by atoms with Gasteiger partial charge in [0.1, 0.15) is 4.90 Å². The minimum atomic E-state index is -3.50. The topological polar surface area (TPSA) is 62.5 Å². The van der Waals surface area contributed by atoms with E-state index in [1.165, 1.54) is 0 Å². The predicted molar refractivity (Wildman–Crippen MR) is 84.6 cm³/mol. The third kappa shape index (κ3) is 4.31. The van der Waals surface area contributed by atoms with Crippen LogP contribution in [0.5, 0.6) is 0 Å². The molecule has 6 heteroatoms. The fourth-order valence-electron chi connectivity index (χ4n) is 2.40. The van der Waals surface area contributed by atoms with Crippen LogP contribution in [0.4, 0.5) is 0 Å². The van der Waals surface area contributed by atoms with Crippen LogP contribution in [0.1, 0.15) is 52.7 Å². The number of aryl methyl sites for hydroxylation is 1. The predicted octanol–water partition coefficient (Wildman–Crippen LogP) is 2.59. The van der Waals surface area contributed by atoms with Gasteiger partial charge in [0, 0.05) is 31.0 Å². The maximum atomic E-state index is 12.8. The monoisotopic (exact) mass is 316 g/mol. The molecule has 0 saturated heterocycles. The summed E-state index contributed by atoms with van der Waals surface area (Å²) < 4.78 is 28.9. The number of aromatic nitrogens is 1. The molecule has 1 N–H and O–H groups in total. The van der Waals surface area contributed by atoms with E-state index >= 15 is 0 Å². The summed E-state index contributed by atoms with van der Waals surface area (Å²) in [6.07, 6.45) is 4.58. The first kappa shape index (κ1) is 18.2. The fraction of sp³-hybridized carbons (Fsp3) is 0.733. The van der Waals surface area contributed by atoms with Crippen LogP contribution >= 0.6 is 0 Å². The Balaban J connectivity index is 3.07. The third-order valence-corrected chi connectivity index (χ3v) is 5.67. The van der Waals surface area contributed by atoms with Gasteiger partial charge in [0.05, 0.1) is 6.61 Å². The van der Waals surface area contributed by atoms with Crippen LogP contribution in [-0.2, 0) is 23.2 Å². The molecule has 0 unspecified atom stereocenters. The van der Waals surface area contributed by atoms with Crippen LogP contribution < -0.4 is 0 Å². The lowest BCUT2D eigenvalue weighted by Gasteiger charge is -2.25. The molecule has 0 amide bonds. The first-order valence-electron chi connectivity index (χ1n) is 7.70. The van der Waals surface area contributed by atoms with Crippen LogP contribution in [0.2, 0.25) is 0 Å². The summed E-state index contributed by atoms with van der Waals surface area (Å²) in [4.78, 5) is 0.276. The summed E-state index contributed by atoms with van der Waals surface area (Å²) in [7, 11) is -3.50. The Hall–Kier alpha value is -0.850. The second kappa shape index (κ2) is 7.96. The lowest BCUT2D eigenvalue weighted by molar-refractivity contribution is 0.271. The zero-order valence-electron chi connectivity index (χ0n) is 13.5. The van der Waals surface area contributed by atoms with E-state index in [1.54, 1.807) is 21.1 Å². The lowest BCUT2D eigenvalue weighted by Crippen LogP contribution is -2.37. The molecule has 5 nitrogen and oxygen atoms in total. The molecule has 122 valence electrons. The quantitative estimate of drug-likeness (QED) is 0.712. The number of nitrogens with zero attached hydrogens (tertiary/aromatic N) is 2. The molecule has 1 heterocycles. The Kier molecular flexibility index (Phi) is 6.90. The average Bonchev–Trinajstić information content (AvgIpc) is 2.86. The molecule has 0 spiro atoms. The maximum Gasteiger partial charge on any atom is 0.244 e. The van der Waals surface area contributed by atoms with Gasteiger partial charge in [0.15, 0.2) is 0 Å². The molecule has 0 aliphatic heterocycles. The van der Waals surface area contributed by atoms with Gasteiger partial charge in [0.25, 0.3) is 0 Å². The molecule has 1 rings (SSSR count). The Labute approximate surface area is 128 Å². The molecule has 0 aliphatic carbocycles. The van der Waals surface area contributed by atoms with Crippen LogP contribution in [0, 0.1) is 0 Å². The molecular formula is C15H28N2O3S. The summed E-state index contributed by atoms with van der Waals surface area (Å²) >= 11 is 0. The first-order valence-corrected chi connectivity index (χ1v) is 9.14. The molecule has 0 fully saturated rings. The van der Waals surface area contributed by atoms with E-state index in [2.05, 4.69) is 6.92 Å². The first-order chi connectivity index (χ1) is 9.88. The van der Waals surface area contributed by atoms with Gasteiger partial charge in [-0.05, 0) is 33.3 Å². The zero-order chi connectivity index (χ0) is 16.0. The average molecular weight is 316 g/mol. The van der Waals surface area contributed by atoms with Crippen molar-refractivity contribution in [1.82, 2.24) is 8.87 Å². The Morgan fingerprint density at radius 1 is 1.29 bits per heavy atom. The van der Waals surface area contributed by atoms with E-state index in [-0.39, 0.29) is 17.5 Å². The van der Waals surface area contributed by atoms with E-state index in [9.17, 15) is 13.5 Å². The van der Waals surface area contributed by atoms with E-state index in [0.29, 0.717) is 18.8 Å². The van der Waals surface area contributed by atoms with Crippen LogP contribution in [0.15, 0.2) is 17.2 Å². The zero-order valence-corrected chi connectivity index (χ0v) is 14.4. The molecule has 0 atom stereocenters. The van der Waals surface area contributed by atoms with Crippen LogP contribution in [-0.4, -0.2) is 35.0 Å². The Bertz CT molecular complexity index is 514. The van der Waals surface area contributed by atoms with Gasteiger partial charge < -0.3 is 9.67 Å². The summed E-state index contributed by atoms with van der Waals surface area (Å²) in [5, 5.41) is 9.32. The lowest BCUT2D eigenvalue weighted by atomic mass is 10.2. The summed E-state index contributed by atoms with van der Waals surface area (Å²) in [5.41, 5.74) is 0.633. The Morgan fingerprint density at radius 3 is 2.38 bits per heavy atom. The van der Waals surface area contributed by atoms with Gasteiger partial charge in [-0.3, -0.25) is 0 Å². The second-order valence-electron chi connectivity index (χ2n) is 5.53. The van der Waals surface area contributed by atoms with Crippen molar-refractivity contribution in [2.24, 2.45) is 0 Å². The highest BCUT2D eigenvalue weighted by Gasteiger charge is 2.28. The van der Waals surface area contributed by atoms with Crippen molar-refractivity contribution in [3.8, 4) is 0 Å². The van der Waals surface area contributed by atoms with Crippen molar-refractivity contribution >= 4 is 10.0 Å². The fourth-order valence-corrected chi connectivity index (χ4v) is 4.14. The van der Waals surface area contributed by atoms with E-state index < -0.39 is 10.0 Å². The SMILES string of the molecule is CCCCCN(C(C)C)S(=O)(=O)c1cc(CO)n(CC)c1. The minimum Gasteiger partial charge on any atom is -0.390 e. The molecule has 0 aliphatic rings. The highest BCUT2D eigenvalue weighted by molar-refractivity contribution is 7.89. The van der Waals surface area contributed by atoms with Crippen molar-refractivity contribution in [3.63, 3.8) is 0 Å². The van der Waals surface area contributed by atoms with Crippen molar-refractivity contribution in [1.29, 1.82) is 0 Å². The van der Waals surface area contributed by atoms with Gasteiger partial charge in [-0.1, -0.05) is 19.8 Å². The van der Waals surface area contributed by atoms with E-state index in [1.807, 2.05) is 20.8 Å². The standard InChI is InChI=1S/C15H28N2O3S/c1-5-7-8-9-17(13(3)4)21(19,20)15-10-14(12-18)16(6-2)11-15/h10-11,13,18H,5-9,12H2,1-4H3. The Morgan fingerprint density at radius 2 is 1.95 bits per heavy atom. The molecule has 1 aromatic heterocycles. The largest absolute Gasteiger partial charge is 0.390 e. The molecule has 21 heavy (non-hydrogen) atoms. The van der Waals surface area contributed by atoms with Gasteiger partial charge in [-0.2, -0.15) is 4.31 Å². The highest BCUT2D eigenvalue weighted by atomic mass is 32.2. The smallest absolute Gasteiger partial charge is 0.244 e. The molecular weight excluding hydrogens is 288 g/mol. The highest BCUT2D eigenvalue weighted by Crippen LogP contribution is 2.22. The molecule has 0 bridgehead atoms. The second-order valence-corrected chi connectivity index (χ2v) is 7.42. The molecule has 0 aromatic carbocycles. The van der Waals surface area contributed by atoms with Crippen LogP contribution in [0.3, 0.4) is 0 Å². The summed E-state index contributed by atoms with van der Waals surface area (Å²) in [6.45, 7) is 8.85. The van der Waals surface area contributed by atoms with Gasteiger partial charge >= 0.3 is 0 Å². The number of sulfonamides is 1. The van der Waals surface area contributed by atoms with E-state index in [4.69, 9.17) is 0 Å². The maximum absolute atomic E-state index is 12.8. The number of hydrogen-bond acceptors (Lipinski definition) is 3. The number of rotatable bonds is 9. The molecule has 1 aromatic rings. The molecule has 0 radical (unpaired) electrons. The van der Waals surface area contributed by atoms with Crippen molar-refractivity contribution in [2.75, 3.05) is 6.54 Å². The van der Waals surface area contributed by atoms with Crippen LogP contribution in [0.25, 0.3) is 0 Å². The normalized spacial score (nSPS) is 12.5. The van der Waals surface area contributed by atoms with Crippen molar-refractivity contribution < 1.29 is 13.5 Å². The summed E-state index contributed by atoms with van der Waals surface area (Å²) in [6, 6.07) is 1.50. The van der Waals surface area contributed by atoms with Crippen molar-refractivity contribution in [3.05, 3.63) is 18.0 Å². The van der Waals surface area contributed by atoms with Gasteiger partial charge in [-0.15, -0.1) is 0 Å². The third-order valence-electron chi connectivity index (χ3n) is 3.63. The number of aliphatic hydroxyl groups excluding tert-OH is 1. The number of aliphatic hydroxyl groups is 1. The number of hydrogen-bond donors (Lipinski definition) is 1. The molecule has 0 saturated carbocycles. The van der Waals surface area contributed by atoms with E-state index in [0.717, 1.165) is 19.3 Å². The summed E-state index contributed by atoms with van der Waals surface area (Å²) in [5.74, 6) is 0. The minimum absolute atomic E-state index is 0.0746. The van der Waals surface area contributed by atoms with Crippen molar-refractivity contribution in [2.45, 2.75) is 71.0 Å². The number of unbranched alkanes of at least 4 members (excludes halogenated alkanes) is 2. The van der Waals surface area contributed by atoms with Gasteiger partial charge in [-0.25, -0.2) is 8.42 Å². The van der Waals surface area contributed by atoms with Gasteiger partial charge in [0.2, 0.25) is 10.0 Å².